The summed E-state index contributed by atoms with van der Waals surface area (Å²) in [4.78, 5) is 32.1. The summed E-state index contributed by atoms with van der Waals surface area (Å²) in [6, 6.07) is 8.38. The molecule has 2 aromatic heterocycles. The Morgan fingerprint density at radius 3 is 2.50 bits per heavy atom. The Bertz CT molecular complexity index is 1140. The van der Waals surface area contributed by atoms with E-state index in [0.717, 1.165) is 5.69 Å². The number of benzene rings is 1. The third kappa shape index (κ3) is 4.35. The first-order valence-electron chi connectivity index (χ1n) is 9.49. The Morgan fingerprint density at radius 1 is 1.17 bits per heavy atom. The van der Waals surface area contributed by atoms with Crippen LogP contribution in [0.15, 0.2) is 35.1 Å². The number of aryl methyl sites for hydroxylation is 1. The van der Waals surface area contributed by atoms with Crippen molar-refractivity contribution in [3.05, 3.63) is 57.6 Å². The van der Waals surface area contributed by atoms with Crippen molar-refractivity contribution in [2.45, 2.75) is 40.0 Å². The van der Waals surface area contributed by atoms with Gasteiger partial charge < -0.3 is 10.1 Å². The highest BCUT2D eigenvalue weighted by molar-refractivity contribution is 6.00. The first-order chi connectivity index (χ1) is 14.1. The van der Waals surface area contributed by atoms with Crippen LogP contribution in [-0.4, -0.2) is 32.9 Å². The lowest BCUT2D eigenvalue weighted by molar-refractivity contribution is 0.262. The molecule has 1 aromatic carbocycles. The van der Waals surface area contributed by atoms with Crippen LogP contribution in [0.25, 0.3) is 5.95 Å². The smallest absolute Gasteiger partial charge is 0.324 e. The van der Waals surface area contributed by atoms with Crippen molar-refractivity contribution in [2.24, 2.45) is 0 Å². The average Bonchev–Trinajstić information content (AvgIpc) is 3.10. The molecule has 2 amide bonds. The number of hydrogen-bond donors (Lipinski definition) is 3. The predicted molar refractivity (Wildman–Crippen MR) is 116 cm³/mol. The SMILES string of the molecule is COc1ccccc1NC(=O)Nc1cc(C(C)(C)C)nn1-c1nc(C)c(C)c(=O)[nH]1. The second-order valence-corrected chi connectivity index (χ2v) is 7.96. The molecule has 3 rings (SSSR count). The highest BCUT2D eigenvalue weighted by Crippen LogP contribution is 2.26. The zero-order chi connectivity index (χ0) is 22.1. The topological polar surface area (TPSA) is 114 Å². The van der Waals surface area contributed by atoms with Crippen LogP contribution in [0.3, 0.4) is 0 Å². The molecule has 0 bridgehead atoms. The van der Waals surface area contributed by atoms with Gasteiger partial charge in [0.2, 0.25) is 5.95 Å². The van der Waals surface area contributed by atoms with Crippen LogP contribution in [0.4, 0.5) is 16.3 Å². The molecule has 0 saturated carbocycles. The number of carbonyl (C=O) groups is 1. The van der Waals surface area contributed by atoms with Crippen molar-refractivity contribution in [3.63, 3.8) is 0 Å². The number of carbonyl (C=O) groups excluding carboxylic acids is 1. The van der Waals surface area contributed by atoms with Gasteiger partial charge in [-0.15, -0.1) is 0 Å². The number of methoxy groups -OCH3 is 1. The molecular formula is C21H26N6O3. The highest BCUT2D eigenvalue weighted by atomic mass is 16.5. The summed E-state index contributed by atoms with van der Waals surface area (Å²) < 4.78 is 6.69. The maximum atomic E-state index is 12.7. The molecule has 0 spiro atoms. The van der Waals surface area contributed by atoms with Gasteiger partial charge in [-0.2, -0.15) is 9.78 Å². The first-order valence-corrected chi connectivity index (χ1v) is 9.49. The number of aromatic amines is 1. The van der Waals surface area contributed by atoms with Gasteiger partial charge in [-0.25, -0.2) is 9.78 Å². The number of H-pyrrole nitrogens is 1. The van der Waals surface area contributed by atoms with E-state index in [1.165, 1.54) is 11.8 Å². The molecule has 30 heavy (non-hydrogen) atoms. The van der Waals surface area contributed by atoms with E-state index in [1.54, 1.807) is 38.1 Å². The summed E-state index contributed by atoms with van der Waals surface area (Å²) in [5.41, 5.74) is 1.85. The molecule has 9 nitrogen and oxygen atoms in total. The van der Waals surface area contributed by atoms with Gasteiger partial charge in [0.1, 0.15) is 11.6 Å². The normalized spacial score (nSPS) is 11.3. The van der Waals surface area contributed by atoms with E-state index in [-0.39, 0.29) is 16.9 Å². The molecule has 0 aliphatic rings. The number of rotatable bonds is 4. The van der Waals surface area contributed by atoms with Crippen molar-refractivity contribution >= 4 is 17.5 Å². The second kappa shape index (κ2) is 8.02. The van der Waals surface area contributed by atoms with Gasteiger partial charge in [-0.05, 0) is 26.0 Å². The molecular weight excluding hydrogens is 384 g/mol. The van der Waals surface area contributed by atoms with Crippen molar-refractivity contribution in [1.29, 1.82) is 0 Å². The minimum atomic E-state index is -0.479. The summed E-state index contributed by atoms with van der Waals surface area (Å²) in [5.74, 6) is 1.14. The largest absolute Gasteiger partial charge is 0.495 e. The van der Waals surface area contributed by atoms with Gasteiger partial charge in [0.05, 0.1) is 18.5 Å². The van der Waals surface area contributed by atoms with Crippen molar-refractivity contribution in [2.75, 3.05) is 17.7 Å². The van der Waals surface area contributed by atoms with Crippen LogP contribution >= 0.6 is 0 Å². The fourth-order valence-corrected chi connectivity index (χ4v) is 2.75. The van der Waals surface area contributed by atoms with Gasteiger partial charge >= 0.3 is 6.03 Å². The summed E-state index contributed by atoms with van der Waals surface area (Å²) in [6.07, 6.45) is 0. The van der Waals surface area contributed by atoms with E-state index in [9.17, 15) is 9.59 Å². The summed E-state index contributed by atoms with van der Waals surface area (Å²) in [7, 11) is 1.53. The molecule has 3 N–H and O–H groups in total. The van der Waals surface area contributed by atoms with Gasteiger partial charge in [-0.3, -0.25) is 15.1 Å². The number of nitrogens with one attached hydrogen (secondary N) is 3. The van der Waals surface area contributed by atoms with E-state index in [0.29, 0.717) is 28.5 Å². The van der Waals surface area contributed by atoms with Crippen LogP contribution in [0.5, 0.6) is 5.75 Å². The molecule has 158 valence electrons. The Kier molecular flexibility index (Phi) is 5.64. The van der Waals surface area contributed by atoms with Crippen molar-refractivity contribution < 1.29 is 9.53 Å². The lowest BCUT2D eigenvalue weighted by Gasteiger charge is -2.14. The Labute approximate surface area is 174 Å². The van der Waals surface area contributed by atoms with E-state index < -0.39 is 6.03 Å². The zero-order valence-electron chi connectivity index (χ0n) is 18.0. The molecule has 0 radical (unpaired) electrons. The standard InChI is InChI=1S/C21H26N6O3/c1-12-13(2)22-19(25-18(12)28)27-17(11-16(26-27)21(3,4)5)24-20(29)23-14-9-7-8-10-15(14)30-6/h7-11H,1-6H3,(H,22,25,28)(H2,23,24,29). The maximum absolute atomic E-state index is 12.7. The van der Waals surface area contributed by atoms with Crippen LogP contribution in [0.2, 0.25) is 0 Å². The summed E-state index contributed by atoms with van der Waals surface area (Å²) in [6.45, 7) is 9.48. The molecule has 0 aliphatic heterocycles. The molecule has 9 heteroatoms. The van der Waals surface area contributed by atoms with Crippen LogP contribution < -0.4 is 20.9 Å². The third-order valence-electron chi connectivity index (χ3n) is 4.66. The Morgan fingerprint density at radius 2 is 1.87 bits per heavy atom. The van der Waals surface area contributed by atoms with Crippen LogP contribution in [0.1, 0.15) is 37.7 Å². The molecule has 3 aromatic rings. The highest BCUT2D eigenvalue weighted by Gasteiger charge is 2.23. The monoisotopic (exact) mass is 410 g/mol. The molecule has 0 atom stereocenters. The number of anilines is 2. The molecule has 0 fully saturated rings. The maximum Gasteiger partial charge on any atom is 0.324 e. The first kappa shape index (κ1) is 21.1. The Balaban J connectivity index is 1.98. The molecule has 0 unspecified atom stereocenters. The van der Waals surface area contributed by atoms with Crippen LogP contribution in [-0.2, 0) is 5.41 Å². The minimum absolute atomic E-state index is 0.228. The zero-order valence-corrected chi connectivity index (χ0v) is 18.0. The number of urea groups is 1. The average molecular weight is 410 g/mol. The molecule has 0 saturated heterocycles. The lowest BCUT2D eigenvalue weighted by atomic mass is 9.92. The van der Waals surface area contributed by atoms with Gasteiger partial charge in [-0.1, -0.05) is 32.9 Å². The predicted octanol–water partition coefficient (Wildman–Crippen LogP) is 3.52. The number of para-hydroxylation sites is 2. The van der Waals surface area contributed by atoms with Crippen molar-refractivity contribution in [3.8, 4) is 11.7 Å². The number of ether oxygens (including phenoxy) is 1. The Hall–Kier alpha value is -3.62. The summed E-state index contributed by atoms with van der Waals surface area (Å²) >= 11 is 0. The lowest BCUT2D eigenvalue weighted by Crippen LogP contribution is -2.23. The van der Waals surface area contributed by atoms with E-state index in [2.05, 4.69) is 25.7 Å². The fourth-order valence-electron chi connectivity index (χ4n) is 2.75. The van der Waals surface area contributed by atoms with Gasteiger partial charge in [0.15, 0.2) is 0 Å². The van der Waals surface area contributed by atoms with E-state index >= 15 is 0 Å². The molecule has 0 aliphatic carbocycles. The van der Waals surface area contributed by atoms with Crippen molar-refractivity contribution in [1.82, 2.24) is 19.7 Å². The number of nitrogens with zero attached hydrogens (tertiary/aromatic N) is 3. The fraction of sp³-hybridized carbons (Fsp3) is 0.333. The molecule has 2 heterocycles. The minimum Gasteiger partial charge on any atom is -0.495 e. The number of amides is 2. The van der Waals surface area contributed by atoms with E-state index in [4.69, 9.17) is 4.74 Å². The number of aromatic nitrogens is 4. The quantitative estimate of drug-likeness (QED) is 0.609. The van der Waals surface area contributed by atoms with E-state index in [1.807, 2.05) is 26.8 Å². The van der Waals surface area contributed by atoms with Gasteiger partial charge in [0, 0.05) is 22.7 Å². The second-order valence-electron chi connectivity index (χ2n) is 7.96. The summed E-state index contributed by atoms with van der Waals surface area (Å²) in [5, 5.41) is 10.1. The van der Waals surface area contributed by atoms with Crippen LogP contribution in [0, 0.1) is 13.8 Å². The van der Waals surface area contributed by atoms with Gasteiger partial charge in [0.25, 0.3) is 5.56 Å². The third-order valence-corrected chi connectivity index (χ3v) is 4.66. The number of hydrogen-bond acceptors (Lipinski definition) is 5.